The minimum Gasteiger partial charge on any atom is -0.368 e. The predicted molar refractivity (Wildman–Crippen MR) is 97.6 cm³/mol. The number of nitrogen functional groups attached to an aromatic ring is 1. The number of hydrogen-bond donors (Lipinski definition) is 3. The Labute approximate surface area is 151 Å². The molecule has 24 heavy (non-hydrogen) atoms. The zero-order chi connectivity index (χ0) is 17.4. The molecule has 2 heterocycles. The lowest BCUT2D eigenvalue weighted by Gasteiger charge is -2.07. The number of benzene rings is 1. The molecule has 6 nitrogen and oxygen atoms in total. The molecular formula is C16H13BrClN5O. The Hall–Kier alpha value is -2.38. The summed E-state index contributed by atoms with van der Waals surface area (Å²) in [6.45, 7) is 1.93. The van der Waals surface area contributed by atoms with Gasteiger partial charge in [0, 0.05) is 16.8 Å². The second-order valence-electron chi connectivity index (χ2n) is 5.22. The largest absolute Gasteiger partial charge is 0.368 e. The second kappa shape index (κ2) is 6.26. The van der Waals surface area contributed by atoms with Gasteiger partial charge in [-0.3, -0.25) is 4.79 Å². The van der Waals surface area contributed by atoms with Crippen molar-refractivity contribution < 1.29 is 4.79 Å². The summed E-state index contributed by atoms with van der Waals surface area (Å²) in [5.41, 5.74) is 15.0. The molecule has 1 amide bonds. The molecule has 3 rings (SSSR count). The number of carbonyl (C=O) groups is 1. The van der Waals surface area contributed by atoms with Crippen LogP contribution in [0.2, 0.25) is 5.02 Å². The Balaban J connectivity index is 2.24. The molecule has 0 saturated carbocycles. The fourth-order valence-electron chi connectivity index (χ4n) is 2.42. The molecule has 0 spiro atoms. The summed E-state index contributed by atoms with van der Waals surface area (Å²) in [5, 5.41) is 0.564. The highest BCUT2D eigenvalue weighted by molar-refractivity contribution is 9.10. The standard InChI is InChI=1S/C16H13BrClN5O/c1-7-2-3-8(18)4-9(7)13-10(15(19)24)5-12(22-13)14-11(17)6-21-16(20)23-14/h2-6,22H,1H3,(H2,19,24)(H2,20,21,23). The third kappa shape index (κ3) is 3.00. The van der Waals surface area contributed by atoms with Gasteiger partial charge in [-0.05, 0) is 46.6 Å². The molecule has 0 radical (unpaired) electrons. The smallest absolute Gasteiger partial charge is 0.250 e. The van der Waals surface area contributed by atoms with Gasteiger partial charge >= 0.3 is 0 Å². The van der Waals surface area contributed by atoms with Gasteiger partial charge in [-0.1, -0.05) is 17.7 Å². The molecule has 0 fully saturated rings. The number of aryl methyl sites for hydroxylation is 1. The molecular weight excluding hydrogens is 394 g/mol. The summed E-state index contributed by atoms with van der Waals surface area (Å²) >= 11 is 9.48. The number of aromatic nitrogens is 3. The van der Waals surface area contributed by atoms with Crippen LogP contribution in [0.25, 0.3) is 22.6 Å². The van der Waals surface area contributed by atoms with Gasteiger partial charge in [-0.2, -0.15) is 0 Å². The van der Waals surface area contributed by atoms with E-state index in [1.807, 2.05) is 13.0 Å². The summed E-state index contributed by atoms with van der Waals surface area (Å²) in [4.78, 5) is 23.2. The SMILES string of the molecule is Cc1ccc(Cl)cc1-c1[nH]c(-c2nc(N)ncc2Br)cc1C(N)=O. The van der Waals surface area contributed by atoms with Gasteiger partial charge in [0.25, 0.3) is 5.91 Å². The lowest BCUT2D eigenvalue weighted by molar-refractivity contribution is 0.100. The van der Waals surface area contributed by atoms with Crippen LogP contribution in [-0.4, -0.2) is 20.9 Å². The first-order chi connectivity index (χ1) is 11.4. The summed E-state index contributed by atoms with van der Waals surface area (Å²) in [5.74, 6) is -0.422. The van der Waals surface area contributed by atoms with Crippen LogP contribution < -0.4 is 11.5 Å². The quantitative estimate of drug-likeness (QED) is 0.617. The van der Waals surface area contributed by atoms with Crippen molar-refractivity contribution >= 4 is 39.4 Å². The number of rotatable bonds is 3. The zero-order valence-electron chi connectivity index (χ0n) is 12.6. The number of primary amides is 1. The Bertz CT molecular complexity index is 954. The highest BCUT2D eigenvalue weighted by atomic mass is 79.9. The summed E-state index contributed by atoms with van der Waals surface area (Å²) in [6.07, 6.45) is 1.55. The molecule has 122 valence electrons. The number of amides is 1. The van der Waals surface area contributed by atoms with Gasteiger partial charge in [0.1, 0.15) is 5.69 Å². The molecule has 2 aromatic heterocycles. The topological polar surface area (TPSA) is 111 Å². The van der Waals surface area contributed by atoms with E-state index in [2.05, 4.69) is 30.9 Å². The minimum absolute atomic E-state index is 0.129. The van der Waals surface area contributed by atoms with E-state index >= 15 is 0 Å². The van der Waals surface area contributed by atoms with Gasteiger partial charge in [-0.25, -0.2) is 9.97 Å². The average molecular weight is 407 g/mol. The fraction of sp³-hybridized carbons (Fsp3) is 0.0625. The predicted octanol–water partition coefficient (Wildman–Crippen LogP) is 3.54. The molecule has 0 aliphatic rings. The van der Waals surface area contributed by atoms with E-state index in [1.165, 1.54) is 0 Å². The van der Waals surface area contributed by atoms with Crippen molar-refractivity contribution in [3.8, 4) is 22.6 Å². The number of halogens is 2. The van der Waals surface area contributed by atoms with Crippen molar-refractivity contribution in [1.82, 2.24) is 15.0 Å². The third-order valence-corrected chi connectivity index (χ3v) is 4.39. The highest BCUT2D eigenvalue weighted by Gasteiger charge is 2.19. The molecule has 3 aromatic rings. The first-order valence-electron chi connectivity index (χ1n) is 6.94. The summed E-state index contributed by atoms with van der Waals surface area (Å²) in [6, 6.07) is 7.09. The third-order valence-electron chi connectivity index (χ3n) is 3.57. The van der Waals surface area contributed by atoms with E-state index in [-0.39, 0.29) is 5.95 Å². The molecule has 0 bridgehead atoms. The average Bonchev–Trinajstić information content (AvgIpc) is 2.97. The van der Waals surface area contributed by atoms with Crippen LogP contribution in [0, 0.1) is 6.92 Å². The fourth-order valence-corrected chi connectivity index (χ4v) is 3.00. The van der Waals surface area contributed by atoms with E-state index in [0.29, 0.717) is 32.1 Å². The van der Waals surface area contributed by atoms with Crippen LogP contribution in [-0.2, 0) is 0 Å². The first-order valence-corrected chi connectivity index (χ1v) is 8.11. The zero-order valence-corrected chi connectivity index (χ0v) is 14.9. The molecule has 5 N–H and O–H groups in total. The summed E-state index contributed by atoms with van der Waals surface area (Å²) in [7, 11) is 0. The highest BCUT2D eigenvalue weighted by Crippen LogP contribution is 2.34. The van der Waals surface area contributed by atoms with Crippen molar-refractivity contribution in [2.45, 2.75) is 6.92 Å². The van der Waals surface area contributed by atoms with Gasteiger partial charge in [-0.15, -0.1) is 0 Å². The maximum absolute atomic E-state index is 11.9. The molecule has 1 aromatic carbocycles. The molecule has 8 heteroatoms. The van der Waals surface area contributed by atoms with Crippen molar-refractivity contribution in [3.05, 3.63) is 51.1 Å². The molecule has 0 aliphatic heterocycles. The maximum atomic E-state index is 11.9. The number of nitrogens with two attached hydrogens (primary N) is 2. The maximum Gasteiger partial charge on any atom is 0.250 e. The normalized spacial score (nSPS) is 10.8. The van der Waals surface area contributed by atoms with E-state index in [9.17, 15) is 4.79 Å². The van der Waals surface area contributed by atoms with Gasteiger partial charge in [0.05, 0.1) is 21.4 Å². The monoisotopic (exact) mass is 405 g/mol. The van der Waals surface area contributed by atoms with Gasteiger partial charge in [0.2, 0.25) is 5.95 Å². The van der Waals surface area contributed by atoms with E-state index in [0.717, 1.165) is 11.1 Å². The Morgan fingerprint density at radius 3 is 2.79 bits per heavy atom. The Kier molecular flexibility index (Phi) is 4.29. The van der Waals surface area contributed by atoms with Crippen LogP contribution in [0.4, 0.5) is 5.95 Å². The number of hydrogen-bond acceptors (Lipinski definition) is 4. The number of carbonyl (C=O) groups excluding carboxylic acids is 1. The number of nitrogens with zero attached hydrogens (tertiary/aromatic N) is 2. The van der Waals surface area contributed by atoms with E-state index in [4.69, 9.17) is 23.1 Å². The van der Waals surface area contributed by atoms with Crippen LogP contribution in [0.3, 0.4) is 0 Å². The minimum atomic E-state index is -0.551. The molecule has 0 unspecified atom stereocenters. The lowest BCUT2D eigenvalue weighted by atomic mass is 10.0. The molecule has 0 saturated heterocycles. The molecule has 0 aliphatic carbocycles. The van der Waals surface area contributed by atoms with Crippen LogP contribution in [0.5, 0.6) is 0 Å². The van der Waals surface area contributed by atoms with Gasteiger partial charge in [0.15, 0.2) is 0 Å². The Morgan fingerprint density at radius 1 is 1.33 bits per heavy atom. The lowest BCUT2D eigenvalue weighted by Crippen LogP contribution is -2.11. The molecule has 0 atom stereocenters. The van der Waals surface area contributed by atoms with Crippen LogP contribution in [0.1, 0.15) is 15.9 Å². The number of aromatic amines is 1. The summed E-state index contributed by atoms with van der Waals surface area (Å²) < 4.78 is 0.642. The Morgan fingerprint density at radius 2 is 2.08 bits per heavy atom. The number of H-pyrrole nitrogens is 1. The van der Waals surface area contributed by atoms with Crippen molar-refractivity contribution in [2.24, 2.45) is 5.73 Å². The van der Waals surface area contributed by atoms with Crippen LogP contribution >= 0.6 is 27.5 Å². The van der Waals surface area contributed by atoms with Gasteiger partial charge < -0.3 is 16.5 Å². The van der Waals surface area contributed by atoms with E-state index in [1.54, 1.807) is 24.4 Å². The van der Waals surface area contributed by atoms with Crippen LogP contribution in [0.15, 0.2) is 34.9 Å². The van der Waals surface area contributed by atoms with Crippen molar-refractivity contribution in [2.75, 3.05) is 5.73 Å². The van der Waals surface area contributed by atoms with Crippen molar-refractivity contribution in [1.29, 1.82) is 0 Å². The van der Waals surface area contributed by atoms with Crippen molar-refractivity contribution in [3.63, 3.8) is 0 Å². The van der Waals surface area contributed by atoms with E-state index < -0.39 is 5.91 Å². The first kappa shape index (κ1) is 16.5. The number of nitrogens with one attached hydrogen (secondary N) is 1. The number of anilines is 1. The second-order valence-corrected chi connectivity index (χ2v) is 6.51.